The Bertz CT molecular complexity index is 1190. The second-order valence-corrected chi connectivity index (χ2v) is 6.40. The summed E-state index contributed by atoms with van der Waals surface area (Å²) < 4.78 is 20.4. The van der Waals surface area contributed by atoms with E-state index in [0.717, 1.165) is 22.6 Å². The molecular weight excluding hydrogens is 414 g/mol. The first kappa shape index (κ1) is 22.4. The predicted molar refractivity (Wildman–Crippen MR) is 119 cm³/mol. The molecule has 0 unspecified atom stereocenters. The molecular formula is C23H23N3O6. The van der Waals surface area contributed by atoms with E-state index in [1.807, 2.05) is 30.3 Å². The van der Waals surface area contributed by atoms with E-state index in [1.54, 1.807) is 32.5 Å². The van der Waals surface area contributed by atoms with Crippen LogP contribution in [0.15, 0.2) is 54.7 Å². The maximum atomic E-state index is 10.7. The van der Waals surface area contributed by atoms with Crippen LogP contribution in [0.25, 0.3) is 22.6 Å². The predicted octanol–water partition coefficient (Wildman–Crippen LogP) is 4.04. The van der Waals surface area contributed by atoms with Gasteiger partial charge in [0.2, 0.25) is 0 Å². The Kier molecular flexibility index (Phi) is 7.12. The summed E-state index contributed by atoms with van der Waals surface area (Å²) in [5, 5.41) is 8.78. The van der Waals surface area contributed by atoms with E-state index >= 15 is 0 Å². The highest BCUT2D eigenvalue weighted by molar-refractivity contribution is 5.91. The number of aromatic nitrogens is 3. The molecule has 2 aromatic carbocycles. The number of imidazole rings is 1. The van der Waals surface area contributed by atoms with Gasteiger partial charge in [0.05, 0.1) is 39.5 Å². The Balaban J connectivity index is 0.000000195. The fraction of sp³-hybridized carbons (Fsp3) is 0.174. The number of nitrogens with one attached hydrogen (secondary N) is 1. The molecule has 0 saturated carbocycles. The second kappa shape index (κ2) is 10.2. The van der Waals surface area contributed by atoms with Crippen LogP contribution in [-0.2, 0) is 0 Å². The molecule has 32 heavy (non-hydrogen) atoms. The van der Waals surface area contributed by atoms with Crippen molar-refractivity contribution in [1.29, 1.82) is 0 Å². The molecule has 0 fully saturated rings. The minimum Gasteiger partial charge on any atom is -0.497 e. The average molecular weight is 437 g/mol. The van der Waals surface area contributed by atoms with Crippen molar-refractivity contribution in [2.45, 2.75) is 0 Å². The molecule has 0 bridgehead atoms. The van der Waals surface area contributed by atoms with Gasteiger partial charge in [0.25, 0.3) is 0 Å². The maximum Gasteiger partial charge on any atom is 0.339 e. The van der Waals surface area contributed by atoms with E-state index in [0.29, 0.717) is 23.0 Å². The molecule has 0 aliphatic carbocycles. The molecule has 0 aliphatic heterocycles. The molecule has 0 spiro atoms. The number of rotatable bonds is 6. The Morgan fingerprint density at radius 1 is 0.875 bits per heavy atom. The zero-order valence-electron chi connectivity index (χ0n) is 18.1. The number of fused-ring (bicyclic) bond motifs is 1. The van der Waals surface area contributed by atoms with Crippen LogP contribution in [0.4, 0.5) is 0 Å². The van der Waals surface area contributed by atoms with Gasteiger partial charge in [0.1, 0.15) is 34.4 Å². The van der Waals surface area contributed by atoms with Gasteiger partial charge >= 0.3 is 5.97 Å². The van der Waals surface area contributed by atoms with Crippen molar-refractivity contribution >= 4 is 17.1 Å². The molecule has 2 heterocycles. The number of carbonyl (C=O) groups is 1. The third kappa shape index (κ3) is 4.89. The summed E-state index contributed by atoms with van der Waals surface area (Å²) in [7, 11) is 6.17. The fourth-order valence-corrected chi connectivity index (χ4v) is 2.95. The van der Waals surface area contributed by atoms with Gasteiger partial charge in [-0.15, -0.1) is 0 Å². The van der Waals surface area contributed by atoms with Crippen LogP contribution < -0.4 is 18.9 Å². The number of aromatic carboxylic acids is 1. The van der Waals surface area contributed by atoms with Gasteiger partial charge in [0, 0.05) is 6.20 Å². The van der Waals surface area contributed by atoms with Crippen molar-refractivity contribution in [3.63, 3.8) is 0 Å². The number of hydrogen-bond acceptors (Lipinski definition) is 7. The third-order valence-corrected chi connectivity index (χ3v) is 4.56. The molecule has 0 radical (unpaired) electrons. The van der Waals surface area contributed by atoms with Crippen LogP contribution in [-0.4, -0.2) is 54.5 Å². The van der Waals surface area contributed by atoms with Crippen molar-refractivity contribution < 1.29 is 28.8 Å². The minimum atomic E-state index is -1.03. The number of pyridine rings is 1. The molecule has 4 aromatic rings. The van der Waals surface area contributed by atoms with Crippen LogP contribution in [0.2, 0.25) is 0 Å². The standard InChI is InChI=1S/C14H13N3O2.C9H10O4/c1-18-9-5-6-12(19-2)10(8-9)13-16-11-4-3-7-15-14(11)17-13;1-12-6-3-4-8(13-2)7(5-6)9(10)11/h3-8H,1-2H3,(H,15,16,17);3-5H,1-2H3,(H,10,11). The molecule has 9 heteroatoms. The van der Waals surface area contributed by atoms with Gasteiger partial charge in [-0.05, 0) is 48.5 Å². The Morgan fingerprint density at radius 2 is 1.53 bits per heavy atom. The zero-order valence-corrected chi connectivity index (χ0v) is 18.1. The van der Waals surface area contributed by atoms with Gasteiger partial charge in [-0.3, -0.25) is 0 Å². The summed E-state index contributed by atoms with van der Waals surface area (Å²) >= 11 is 0. The summed E-state index contributed by atoms with van der Waals surface area (Å²) in [4.78, 5) is 22.6. The number of nitrogens with zero attached hydrogens (tertiary/aromatic N) is 2. The first-order valence-corrected chi connectivity index (χ1v) is 9.49. The molecule has 0 amide bonds. The smallest absolute Gasteiger partial charge is 0.339 e. The summed E-state index contributed by atoms with van der Waals surface area (Å²) in [6.07, 6.45) is 1.72. The summed E-state index contributed by atoms with van der Waals surface area (Å²) in [6.45, 7) is 0. The molecule has 2 aromatic heterocycles. The van der Waals surface area contributed by atoms with Gasteiger partial charge < -0.3 is 29.0 Å². The Labute approximate surface area is 184 Å². The van der Waals surface area contributed by atoms with Crippen LogP contribution in [0.3, 0.4) is 0 Å². The number of hydrogen-bond donors (Lipinski definition) is 2. The highest BCUT2D eigenvalue weighted by Gasteiger charge is 2.13. The van der Waals surface area contributed by atoms with Crippen LogP contribution >= 0.6 is 0 Å². The molecule has 0 atom stereocenters. The van der Waals surface area contributed by atoms with E-state index in [1.165, 1.54) is 20.3 Å². The highest BCUT2D eigenvalue weighted by Crippen LogP contribution is 2.32. The van der Waals surface area contributed by atoms with Crippen molar-refractivity contribution in [3.05, 3.63) is 60.3 Å². The quantitative estimate of drug-likeness (QED) is 0.464. The SMILES string of the molecule is COc1ccc(OC)c(-c2nc3ncccc3[nH]2)c1.COc1ccc(OC)c(C(=O)O)c1. The minimum absolute atomic E-state index is 0.0989. The molecule has 4 rings (SSSR count). The van der Waals surface area contributed by atoms with Crippen LogP contribution in [0.5, 0.6) is 23.0 Å². The second-order valence-electron chi connectivity index (χ2n) is 6.40. The van der Waals surface area contributed by atoms with E-state index in [2.05, 4.69) is 15.0 Å². The summed E-state index contributed by atoms with van der Waals surface area (Å²) in [5.41, 5.74) is 2.52. The number of ether oxygens (including phenoxy) is 4. The molecule has 0 aliphatic rings. The maximum absolute atomic E-state index is 10.7. The number of carboxylic acids is 1. The average Bonchev–Trinajstić information content (AvgIpc) is 3.27. The monoisotopic (exact) mass is 437 g/mol. The molecule has 2 N–H and O–H groups in total. The van der Waals surface area contributed by atoms with Gasteiger partial charge in [-0.25, -0.2) is 14.8 Å². The van der Waals surface area contributed by atoms with Gasteiger partial charge in [-0.1, -0.05) is 0 Å². The van der Waals surface area contributed by atoms with Crippen LogP contribution in [0.1, 0.15) is 10.4 Å². The number of carboxylic acid groups (broad SMARTS) is 1. The molecule has 0 saturated heterocycles. The molecule has 166 valence electrons. The third-order valence-electron chi connectivity index (χ3n) is 4.56. The van der Waals surface area contributed by atoms with Gasteiger partial charge in [-0.2, -0.15) is 0 Å². The summed E-state index contributed by atoms with van der Waals surface area (Å²) in [5.74, 6) is 2.00. The lowest BCUT2D eigenvalue weighted by molar-refractivity contribution is 0.0693. The first-order valence-electron chi connectivity index (χ1n) is 9.49. The summed E-state index contributed by atoms with van der Waals surface area (Å²) in [6, 6.07) is 14.0. The lowest BCUT2D eigenvalue weighted by Gasteiger charge is -2.08. The van der Waals surface area contributed by atoms with E-state index in [9.17, 15) is 4.79 Å². The van der Waals surface area contributed by atoms with Crippen LogP contribution in [0, 0.1) is 0 Å². The highest BCUT2D eigenvalue weighted by atomic mass is 16.5. The first-order chi connectivity index (χ1) is 15.5. The molecule has 9 nitrogen and oxygen atoms in total. The normalized spacial score (nSPS) is 10.1. The van der Waals surface area contributed by atoms with E-state index in [-0.39, 0.29) is 5.56 Å². The van der Waals surface area contributed by atoms with Crippen molar-refractivity contribution in [2.24, 2.45) is 0 Å². The topological polar surface area (TPSA) is 116 Å². The van der Waals surface area contributed by atoms with Crippen molar-refractivity contribution in [3.8, 4) is 34.4 Å². The largest absolute Gasteiger partial charge is 0.497 e. The number of methoxy groups -OCH3 is 4. The Hall–Kier alpha value is -4.27. The lowest BCUT2D eigenvalue weighted by Crippen LogP contribution is -2.00. The lowest BCUT2D eigenvalue weighted by atomic mass is 10.2. The zero-order chi connectivity index (χ0) is 23.1. The Morgan fingerprint density at radius 3 is 2.12 bits per heavy atom. The fourth-order valence-electron chi connectivity index (χ4n) is 2.95. The number of aromatic amines is 1. The number of H-pyrrole nitrogens is 1. The van der Waals surface area contributed by atoms with Crippen molar-refractivity contribution in [1.82, 2.24) is 15.0 Å². The van der Waals surface area contributed by atoms with E-state index in [4.69, 9.17) is 24.1 Å². The van der Waals surface area contributed by atoms with Crippen molar-refractivity contribution in [2.75, 3.05) is 28.4 Å². The van der Waals surface area contributed by atoms with E-state index < -0.39 is 5.97 Å². The van der Waals surface area contributed by atoms with Gasteiger partial charge in [0.15, 0.2) is 5.65 Å². The number of benzene rings is 2.